The number of para-hydroxylation sites is 1. The summed E-state index contributed by atoms with van der Waals surface area (Å²) >= 11 is 0. The van der Waals surface area contributed by atoms with Crippen LogP contribution in [0.4, 0.5) is 5.69 Å². The van der Waals surface area contributed by atoms with Crippen LogP contribution < -0.4 is 4.90 Å². The molecule has 0 heterocycles. The number of allylic oxidation sites excluding steroid dienone is 1. The van der Waals surface area contributed by atoms with Crippen LogP contribution in [0.2, 0.25) is 0 Å². The summed E-state index contributed by atoms with van der Waals surface area (Å²) in [6.45, 7) is 4.90. The summed E-state index contributed by atoms with van der Waals surface area (Å²) in [5.74, 6) is 0. The second-order valence-corrected chi connectivity index (χ2v) is 3.80. The molecule has 0 bridgehead atoms. The molecule has 0 amide bonds. The van der Waals surface area contributed by atoms with Gasteiger partial charge in [0.15, 0.2) is 0 Å². The zero-order valence-corrected chi connectivity index (χ0v) is 10.5. The molecular formula is C14H20N2O. The van der Waals surface area contributed by atoms with Crippen molar-refractivity contribution in [2.24, 2.45) is 5.16 Å². The van der Waals surface area contributed by atoms with E-state index in [2.05, 4.69) is 35.2 Å². The molecule has 0 fully saturated rings. The van der Waals surface area contributed by atoms with Crippen molar-refractivity contribution in [2.75, 3.05) is 11.4 Å². The third-order valence-corrected chi connectivity index (χ3v) is 2.68. The van der Waals surface area contributed by atoms with Gasteiger partial charge >= 0.3 is 0 Å². The van der Waals surface area contributed by atoms with Gasteiger partial charge in [0.05, 0.1) is 12.3 Å². The molecule has 0 saturated carbocycles. The molecule has 0 aliphatic rings. The molecular weight excluding hydrogens is 212 g/mol. The van der Waals surface area contributed by atoms with Crippen molar-refractivity contribution in [2.45, 2.75) is 26.3 Å². The Morgan fingerprint density at radius 3 is 2.59 bits per heavy atom. The topological polar surface area (TPSA) is 35.8 Å². The fourth-order valence-corrected chi connectivity index (χ4v) is 1.75. The van der Waals surface area contributed by atoms with Gasteiger partial charge in [0, 0.05) is 12.2 Å². The lowest BCUT2D eigenvalue weighted by molar-refractivity contribution is 0.319. The van der Waals surface area contributed by atoms with Gasteiger partial charge in [-0.15, -0.1) is 0 Å². The van der Waals surface area contributed by atoms with E-state index in [1.807, 2.05) is 31.2 Å². The summed E-state index contributed by atoms with van der Waals surface area (Å²) in [5, 5.41) is 11.9. The Morgan fingerprint density at radius 1 is 1.35 bits per heavy atom. The molecule has 1 aromatic rings. The zero-order chi connectivity index (χ0) is 12.5. The number of hydrogen-bond acceptors (Lipinski definition) is 3. The first kappa shape index (κ1) is 13.3. The van der Waals surface area contributed by atoms with Crippen LogP contribution in [0.25, 0.3) is 0 Å². The van der Waals surface area contributed by atoms with Crippen LogP contribution in [0.5, 0.6) is 0 Å². The predicted octanol–water partition coefficient (Wildman–Crippen LogP) is 3.31. The standard InChI is InChI=1S/C14H20N2O/c1-3-5-11-16(13(4-2)12-15-17)14-9-7-6-8-10-14/h3,5-10,12-13,17H,4,11H2,1-2H3/b5-3+,15-12+. The lowest BCUT2D eigenvalue weighted by Gasteiger charge is -2.29. The molecule has 1 rings (SSSR count). The highest BCUT2D eigenvalue weighted by atomic mass is 16.4. The van der Waals surface area contributed by atoms with Crippen molar-refractivity contribution in [3.63, 3.8) is 0 Å². The lowest BCUT2D eigenvalue weighted by Crippen LogP contribution is -2.36. The first-order valence-corrected chi connectivity index (χ1v) is 5.93. The quantitative estimate of drug-likeness (QED) is 0.353. The van der Waals surface area contributed by atoms with Crippen molar-refractivity contribution in [3.05, 3.63) is 42.5 Å². The SMILES string of the molecule is C/C=C/CN(c1ccccc1)C(/C=N/O)CC. The second kappa shape index (κ2) is 7.49. The summed E-state index contributed by atoms with van der Waals surface area (Å²) in [4.78, 5) is 2.21. The largest absolute Gasteiger partial charge is 0.411 e. The van der Waals surface area contributed by atoms with E-state index in [1.54, 1.807) is 6.21 Å². The maximum Gasteiger partial charge on any atom is 0.0678 e. The van der Waals surface area contributed by atoms with Gasteiger partial charge in [0.1, 0.15) is 0 Å². The van der Waals surface area contributed by atoms with E-state index >= 15 is 0 Å². The second-order valence-electron chi connectivity index (χ2n) is 3.80. The van der Waals surface area contributed by atoms with Crippen LogP contribution in [-0.4, -0.2) is 24.0 Å². The minimum Gasteiger partial charge on any atom is -0.411 e. The average molecular weight is 232 g/mol. The molecule has 1 atom stereocenters. The first-order chi connectivity index (χ1) is 8.33. The summed E-state index contributed by atoms with van der Waals surface area (Å²) in [7, 11) is 0. The summed E-state index contributed by atoms with van der Waals surface area (Å²) in [6, 6.07) is 10.3. The van der Waals surface area contributed by atoms with E-state index in [0.717, 1.165) is 18.7 Å². The average Bonchev–Trinajstić information content (AvgIpc) is 2.39. The van der Waals surface area contributed by atoms with Gasteiger partial charge in [-0.2, -0.15) is 0 Å². The summed E-state index contributed by atoms with van der Waals surface area (Å²) < 4.78 is 0. The number of hydrogen-bond donors (Lipinski definition) is 1. The highest BCUT2D eigenvalue weighted by Gasteiger charge is 2.14. The Morgan fingerprint density at radius 2 is 2.06 bits per heavy atom. The normalized spacial score (nSPS) is 13.3. The Labute approximate surface area is 103 Å². The Bertz CT molecular complexity index is 360. The minimum absolute atomic E-state index is 0.110. The number of nitrogens with zero attached hydrogens (tertiary/aromatic N) is 2. The lowest BCUT2D eigenvalue weighted by atomic mass is 10.1. The molecule has 3 nitrogen and oxygen atoms in total. The molecule has 92 valence electrons. The van der Waals surface area contributed by atoms with Gasteiger partial charge in [0.25, 0.3) is 0 Å². The van der Waals surface area contributed by atoms with Crippen LogP contribution in [0.3, 0.4) is 0 Å². The highest BCUT2D eigenvalue weighted by molar-refractivity contribution is 5.70. The predicted molar refractivity (Wildman–Crippen MR) is 73.0 cm³/mol. The van der Waals surface area contributed by atoms with E-state index in [1.165, 1.54) is 0 Å². The highest BCUT2D eigenvalue weighted by Crippen LogP contribution is 2.17. The fourth-order valence-electron chi connectivity index (χ4n) is 1.75. The van der Waals surface area contributed by atoms with E-state index in [4.69, 9.17) is 5.21 Å². The Kier molecular flexibility index (Phi) is 5.86. The first-order valence-electron chi connectivity index (χ1n) is 5.93. The number of benzene rings is 1. The van der Waals surface area contributed by atoms with Gasteiger partial charge in [-0.3, -0.25) is 0 Å². The molecule has 0 spiro atoms. The molecule has 0 aromatic heterocycles. The van der Waals surface area contributed by atoms with Gasteiger partial charge in [0.2, 0.25) is 0 Å². The fraction of sp³-hybridized carbons (Fsp3) is 0.357. The molecule has 0 aliphatic heterocycles. The molecule has 1 N–H and O–H groups in total. The number of anilines is 1. The molecule has 1 unspecified atom stereocenters. The van der Waals surface area contributed by atoms with Gasteiger partial charge in [-0.1, -0.05) is 42.4 Å². The zero-order valence-electron chi connectivity index (χ0n) is 10.5. The third-order valence-electron chi connectivity index (χ3n) is 2.68. The molecule has 0 radical (unpaired) electrons. The van der Waals surface area contributed by atoms with Crippen molar-refractivity contribution in [3.8, 4) is 0 Å². The van der Waals surface area contributed by atoms with E-state index in [9.17, 15) is 0 Å². The van der Waals surface area contributed by atoms with Gasteiger partial charge in [-0.25, -0.2) is 0 Å². The third kappa shape index (κ3) is 3.94. The van der Waals surface area contributed by atoms with Crippen LogP contribution in [0, 0.1) is 0 Å². The summed E-state index contributed by atoms with van der Waals surface area (Å²) in [6.07, 6.45) is 6.60. The van der Waals surface area contributed by atoms with Crippen molar-refractivity contribution < 1.29 is 5.21 Å². The molecule has 17 heavy (non-hydrogen) atoms. The van der Waals surface area contributed by atoms with Crippen molar-refractivity contribution in [1.29, 1.82) is 0 Å². The van der Waals surface area contributed by atoms with Crippen molar-refractivity contribution in [1.82, 2.24) is 0 Å². The Hall–Kier alpha value is -1.77. The van der Waals surface area contributed by atoms with Crippen LogP contribution >= 0.6 is 0 Å². The van der Waals surface area contributed by atoms with Crippen LogP contribution in [0.15, 0.2) is 47.6 Å². The molecule has 0 saturated heterocycles. The smallest absolute Gasteiger partial charge is 0.0678 e. The minimum atomic E-state index is 0.110. The monoisotopic (exact) mass is 232 g/mol. The summed E-state index contributed by atoms with van der Waals surface area (Å²) in [5.41, 5.74) is 1.14. The number of rotatable bonds is 6. The molecule has 0 aliphatic carbocycles. The maximum absolute atomic E-state index is 8.71. The van der Waals surface area contributed by atoms with E-state index < -0.39 is 0 Å². The Balaban J connectivity index is 2.93. The van der Waals surface area contributed by atoms with Crippen molar-refractivity contribution >= 4 is 11.9 Å². The van der Waals surface area contributed by atoms with E-state index in [-0.39, 0.29) is 6.04 Å². The van der Waals surface area contributed by atoms with Gasteiger partial charge in [-0.05, 0) is 25.5 Å². The molecule has 3 heteroatoms. The maximum atomic E-state index is 8.71. The van der Waals surface area contributed by atoms with Crippen LogP contribution in [0.1, 0.15) is 20.3 Å². The van der Waals surface area contributed by atoms with Gasteiger partial charge < -0.3 is 10.1 Å². The number of oxime groups is 1. The van der Waals surface area contributed by atoms with Crippen LogP contribution in [-0.2, 0) is 0 Å². The van der Waals surface area contributed by atoms with E-state index in [0.29, 0.717) is 0 Å². The molecule has 1 aromatic carbocycles.